The molecule has 0 spiro atoms. The lowest BCUT2D eigenvalue weighted by Gasteiger charge is -2.17. The Kier molecular flexibility index (Phi) is 5.96. The highest BCUT2D eigenvalue weighted by molar-refractivity contribution is 6.46. The smallest absolute Gasteiger partial charge is 0.282 e. The van der Waals surface area contributed by atoms with E-state index in [1.807, 2.05) is 13.8 Å². The van der Waals surface area contributed by atoms with Gasteiger partial charge in [0, 0.05) is 21.3 Å². The summed E-state index contributed by atoms with van der Waals surface area (Å²) in [7, 11) is 1.52. The Labute approximate surface area is 196 Å². The van der Waals surface area contributed by atoms with Gasteiger partial charge in [0.05, 0.1) is 18.4 Å². The zero-order valence-corrected chi connectivity index (χ0v) is 19.2. The van der Waals surface area contributed by atoms with E-state index in [9.17, 15) is 9.59 Å². The van der Waals surface area contributed by atoms with Gasteiger partial charge >= 0.3 is 0 Å². The van der Waals surface area contributed by atoms with Gasteiger partial charge in [0.2, 0.25) is 0 Å². The van der Waals surface area contributed by atoms with E-state index in [4.69, 9.17) is 27.9 Å². The van der Waals surface area contributed by atoms with E-state index in [1.54, 1.807) is 60.7 Å². The molecule has 162 valence electrons. The van der Waals surface area contributed by atoms with Crippen LogP contribution in [0.25, 0.3) is 5.57 Å². The molecule has 32 heavy (non-hydrogen) atoms. The molecule has 1 heterocycles. The molecule has 0 bridgehead atoms. The molecule has 1 N–H and O–H groups in total. The lowest BCUT2D eigenvalue weighted by Crippen LogP contribution is -2.32. The van der Waals surface area contributed by atoms with E-state index in [-0.39, 0.29) is 11.3 Å². The molecule has 0 unspecified atom stereocenters. The van der Waals surface area contributed by atoms with Crippen LogP contribution in [0, 0.1) is 13.8 Å². The molecular formula is C25H20Cl2N2O3. The van der Waals surface area contributed by atoms with E-state index in [2.05, 4.69) is 5.32 Å². The van der Waals surface area contributed by atoms with Gasteiger partial charge in [-0.05, 0) is 61.4 Å². The number of ether oxygens (including phenoxy) is 1. The van der Waals surface area contributed by atoms with Gasteiger partial charge in [0.25, 0.3) is 11.8 Å². The topological polar surface area (TPSA) is 58.6 Å². The SMILES string of the molecule is COc1ccccc1C1=C(Nc2ccc(Cl)cc2C)C(=O)N(c2ccc(C)c(Cl)c2)C1=O. The maximum atomic E-state index is 13.6. The molecule has 0 atom stereocenters. The summed E-state index contributed by atoms with van der Waals surface area (Å²) >= 11 is 12.4. The standard InChI is InChI=1S/C25H20Cl2N2O3/c1-14-8-10-17(13-19(14)27)29-24(30)22(18-6-4-5-7-21(18)32-3)23(25(29)31)28-20-11-9-16(26)12-15(20)2/h4-13,28H,1-3H3. The Hall–Kier alpha value is -3.28. The van der Waals surface area contributed by atoms with Gasteiger partial charge in [-0.1, -0.05) is 47.5 Å². The van der Waals surface area contributed by atoms with Crippen molar-refractivity contribution < 1.29 is 14.3 Å². The number of benzene rings is 3. The second-order valence-corrected chi connectivity index (χ2v) is 8.26. The van der Waals surface area contributed by atoms with Crippen LogP contribution in [0.5, 0.6) is 5.75 Å². The number of carbonyl (C=O) groups excluding carboxylic acids is 2. The fourth-order valence-corrected chi connectivity index (χ4v) is 4.01. The first-order chi connectivity index (χ1) is 15.3. The molecular weight excluding hydrogens is 447 g/mol. The molecule has 0 aromatic heterocycles. The number of para-hydroxylation sites is 1. The molecule has 0 fully saturated rings. The Morgan fingerprint density at radius 3 is 2.31 bits per heavy atom. The van der Waals surface area contributed by atoms with Crippen molar-refractivity contribution in [1.82, 2.24) is 0 Å². The Morgan fingerprint density at radius 1 is 0.875 bits per heavy atom. The number of imide groups is 1. The fourth-order valence-electron chi connectivity index (χ4n) is 3.60. The molecule has 7 heteroatoms. The maximum Gasteiger partial charge on any atom is 0.282 e. The average Bonchev–Trinajstić information content (AvgIpc) is 3.01. The minimum atomic E-state index is -0.481. The van der Waals surface area contributed by atoms with Crippen LogP contribution in [0.3, 0.4) is 0 Å². The number of hydrogen-bond donors (Lipinski definition) is 1. The molecule has 5 nitrogen and oxygen atoms in total. The van der Waals surface area contributed by atoms with Crippen LogP contribution in [0.15, 0.2) is 66.4 Å². The second-order valence-electron chi connectivity index (χ2n) is 7.41. The third-order valence-corrected chi connectivity index (χ3v) is 5.96. The number of amides is 2. The van der Waals surface area contributed by atoms with Gasteiger partial charge in [-0.3, -0.25) is 9.59 Å². The van der Waals surface area contributed by atoms with Crippen molar-refractivity contribution in [3.05, 3.63) is 93.1 Å². The summed E-state index contributed by atoms with van der Waals surface area (Å²) in [6.45, 7) is 3.73. The van der Waals surface area contributed by atoms with Crippen LogP contribution in [0.2, 0.25) is 10.0 Å². The number of nitrogens with zero attached hydrogens (tertiary/aromatic N) is 1. The maximum absolute atomic E-state index is 13.6. The van der Waals surface area contributed by atoms with Crippen LogP contribution in [0.1, 0.15) is 16.7 Å². The van der Waals surface area contributed by atoms with Crippen molar-refractivity contribution in [3.63, 3.8) is 0 Å². The average molecular weight is 467 g/mol. The van der Waals surface area contributed by atoms with E-state index in [0.29, 0.717) is 32.7 Å². The van der Waals surface area contributed by atoms with Crippen molar-refractivity contribution in [2.24, 2.45) is 0 Å². The third kappa shape index (κ3) is 3.85. The van der Waals surface area contributed by atoms with Gasteiger partial charge in [-0.15, -0.1) is 0 Å². The van der Waals surface area contributed by atoms with Gasteiger partial charge in [-0.25, -0.2) is 4.90 Å². The van der Waals surface area contributed by atoms with Crippen molar-refractivity contribution >= 4 is 52.0 Å². The first-order valence-corrected chi connectivity index (χ1v) is 10.6. The van der Waals surface area contributed by atoms with Crippen LogP contribution in [-0.2, 0) is 9.59 Å². The molecule has 4 rings (SSSR count). The number of nitrogens with one attached hydrogen (secondary N) is 1. The minimum Gasteiger partial charge on any atom is -0.496 e. The summed E-state index contributed by atoms with van der Waals surface area (Å²) in [5.74, 6) is -0.460. The molecule has 3 aromatic rings. The van der Waals surface area contributed by atoms with E-state index in [1.165, 1.54) is 7.11 Å². The van der Waals surface area contributed by atoms with Crippen LogP contribution in [-0.4, -0.2) is 18.9 Å². The summed E-state index contributed by atoms with van der Waals surface area (Å²) in [5, 5.41) is 4.21. The summed E-state index contributed by atoms with van der Waals surface area (Å²) in [6, 6.07) is 17.5. The molecule has 0 saturated heterocycles. The first-order valence-electron chi connectivity index (χ1n) is 9.87. The summed E-state index contributed by atoms with van der Waals surface area (Å²) in [6.07, 6.45) is 0. The van der Waals surface area contributed by atoms with Crippen LogP contribution < -0.4 is 15.0 Å². The van der Waals surface area contributed by atoms with E-state index >= 15 is 0 Å². The summed E-state index contributed by atoms with van der Waals surface area (Å²) in [5.41, 5.74) is 3.64. The highest BCUT2D eigenvalue weighted by Gasteiger charge is 2.41. The summed E-state index contributed by atoms with van der Waals surface area (Å²) in [4.78, 5) is 28.3. The van der Waals surface area contributed by atoms with Gasteiger partial charge in [0.1, 0.15) is 11.4 Å². The molecule has 0 saturated carbocycles. The molecule has 0 radical (unpaired) electrons. The highest BCUT2D eigenvalue weighted by atomic mass is 35.5. The predicted molar refractivity (Wildman–Crippen MR) is 128 cm³/mol. The molecule has 1 aliphatic heterocycles. The van der Waals surface area contributed by atoms with Crippen LogP contribution >= 0.6 is 23.2 Å². The van der Waals surface area contributed by atoms with E-state index in [0.717, 1.165) is 16.0 Å². The van der Waals surface area contributed by atoms with Crippen molar-refractivity contribution in [2.75, 3.05) is 17.3 Å². The highest BCUT2D eigenvalue weighted by Crippen LogP contribution is 2.38. The number of carbonyl (C=O) groups is 2. The van der Waals surface area contributed by atoms with Gasteiger partial charge in [0.15, 0.2) is 0 Å². The minimum absolute atomic E-state index is 0.154. The normalized spacial score (nSPS) is 13.7. The number of rotatable bonds is 5. The monoisotopic (exact) mass is 466 g/mol. The first kappa shape index (κ1) is 21.9. The quantitative estimate of drug-likeness (QED) is 0.467. The predicted octanol–water partition coefficient (Wildman–Crippen LogP) is 6.02. The Balaban J connectivity index is 1.88. The summed E-state index contributed by atoms with van der Waals surface area (Å²) < 4.78 is 5.47. The van der Waals surface area contributed by atoms with E-state index < -0.39 is 11.8 Å². The Bertz CT molecular complexity index is 1280. The number of halogens is 2. The number of aryl methyl sites for hydroxylation is 2. The zero-order valence-electron chi connectivity index (χ0n) is 17.7. The molecule has 3 aromatic carbocycles. The second kappa shape index (κ2) is 8.69. The van der Waals surface area contributed by atoms with Gasteiger partial charge < -0.3 is 10.1 Å². The molecule has 2 amide bonds. The Morgan fingerprint density at radius 2 is 1.62 bits per heavy atom. The lowest BCUT2D eigenvalue weighted by atomic mass is 10.0. The van der Waals surface area contributed by atoms with Crippen molar-refractivity contribution in [1.29, 1.82) is 0 Å². The largest absolute Gasteiger partial charge is 0.496 e. The molecule has 1 aliphatic rings. The lowest BCUT2D eigenvalue weighted by molar-refractivity contribution is -0.120. The van der Waals surface area contributed by atoms with Crippen molar-refractivity contribution in [2.45, 2.75) is 13.8 Å². The molecule has 0 aliphatic carbocycles. The zero-order chi connectivity index (χ0) is 23.0. The van der Waals surface area contributed by atoms with Crippen LogP contribution in [0.4, 0.5) is 11.4 Å². The van der Waals surface area contributed by atoms with Crippen molar-refractivity contribution in [3.8, 4) is 5.75 Å². The van der Waals surface area contributed by atoms with Gasteiger partial charge in [-0.2, -0.15) is 0 Å². The number of hydrogen-bond acceptors (Lipinski definition) is 4. The fraction of sp³-hybridized carbons (Fsp3) is 0.120. The third-order valence-electron chi connectivity index (χ3n) is 5.32. The number of methoxy groups -OCH3 is 1. The number of anilines is 2.